The number of pyridine rings is 1. The van der Waals surface area contributed by atoms with Crippen molar-refractivity contribution in [2.45, 2.75) is 19.9 Å². The van der Waals surface area contributed by atoms with Gasteiger partial charge in [0.15, 0.2) is 0 Å². The summed E-state index contributed by atoms with van der Waals surface area (Å²) in [7, 11) is 0. The van der Waals surface area contributed by atoms with E-state index in [1.54, 1.807) is 43.6 Å². The van der Waals surface area contributed by atoms with Gasteiger partial charge in [-0.3, -0.25) is 9.78 Å². The molecule has 2 N–H and O–H groups in total. The topological polar surface area (TPSA) is 79.8 Å². The summed E-state index contributed by atoms with van der Waals surface area (Å²) in [5.74, 6) is 0.511. The molecule has 0 aliphatic carbocycles. The van der Waals surface area contributed by atoms with Gasteiger partial charge in [-0.25, -0.2) is 14.4 Å². The summed E-state index contributed by atoms with van der Waals surface area (Å²) in [5.41, 5.74) is 1.86. The maximum absolute atomic E-state index is 13.7. The van der Waals surface area contributed by atoms with Crippen molar-refractivity contribution in [2.75, 3.05) is 11.9 Å². The van der Waals surface area contributed by atoms with Crippen LogP contribution in [0.2, 0.25) is 0 Å². The van der Waals surface area contributed by atoms with Crippen LogP contribution in [0.3, 0.4) is 0 Å². The minimum absolute atomic E-state index is 0.227. The molecular weight excluding hydrogens is 345 g/mol. The number of hydrogen-bond donors (Lipinski definition) is 2. The van der Waals surface area contributed by atoms with E-state index < -0.39 is 0 Å². The van der Waals surface area contributed by atoms with Gasteiger partial charge in [0.05, 0.1) is 0 Å². The Morgan fingerprint density at radius 3 is 2.67 bits per heavy atom. The Labute approximate surface area is 156 Å². The highest BCUT2D eigenvalue weighted by Crippen LogP contribution is 2.10. The Morgan fingerprint density at radius 1 is 1.11 bits per heavy atom. The Hall–Kier alpha value is -3.35. The standard InChI is InChI=1S/C20H20FN5O/c1-14-25-18(20(27)24-13-15-6-9-22-10-7-15)12-19(26-14)23-11-8-16-4-2-3-5-17(16)21/h2-7,9-10,12H,8,11,13H2,1H3,(H,24,27)(H,23,25,26). The fraction of sp³-hybridized carbons (Fsp3) is 0.200. The zero-order valence-electron chi connectivity index (χ0n) is 14.9. The number of amides is 1. The second-order valence-corrected chi connectivity index (χ2v) is 5.99. The second kappa shape index (κ2) is 8.84. The lowest BCUT2D eigenvalue weighted by atomic mass is 10.1. The van der Waals surface area contributed by atoms with Gasteiger partial charge in [0.1, 0.15) is 23.2 Å². The lowest BCUT2D eigenvalue weighted by molar-refractivity contribution is 0.0945. The average Bonchev–Trinajstić information content (AvgIpc) is 2.68. The highest BCUT2D eigenvalue weighted by molar-refractivity contribution is 5.92. The maximum Gasteiger partial charge on any atom is 0.270 e. The molecule has 2 heterocycles. The summed E-state index contributed by atoms with van der Waals surface area (Å²) in [5, 5.41) is 5.95. The van der Waals surface area contributed by atoms with Gasteiger partial charge in [-0.05, 0) is 42.7 Å². The monoisotopic (exact) mass is 365 g/mol. The molecule has 0 fully saturated rings. The van der Waals surface area contributed by atoms with Crippen LogP contribution in [0.1, 0.15) is 27.4 Å². The number of aryl methyl sites for hydroxylation is 1. The highest BCUT2D eigenvalue weighted by atomic mass is 19.1. The first-order valence-corrected chi connectivity index (χ1v) is 8.62. The minimum Gasteiger partial charge on any atom is -0.370 e. The predicted molar refractivity (Wildman–Crippen MR) is 101 cm³/mol. The Morgan fingerprint density at radius 2 is 1.89 bits per heavy atom. The number of rotatable bonds is 7. The van der Waals surface area contributed by atoms with Crippen molar-refractivity contribution in [2.24, 2.45) is 0 Å². The molecule has 7 heteroatoms. The van der Waals surface area contributed by atoms with Crippen LogP contribution in [0.4, 0.5) is 10.2 Å². The van der Waals surface area contributed by atoms with E-state index in [-0.39, 0.29) is 17.4 Å². The number of nitrogens with one attached hydrogen (secondary N) is 2. The molecule has 27 heavy (non-hydrogen) atoms. The van der Waals surface area contributed by atoms with Gasteiger partial charge in [0.2, 0.25) is 0 Å². The summed E-state index contributed by atoms with van der Waals surface area (Å²) in [6.45, 7) is 2.61. The maximum atomic E-state index is 13.7. The van der Waals surface area contributed by atoms with Crippen LogP contribution in [0.25, 0.3) is 0 Å². The fourth-order valence-electron chi connectivity index (χ4n) is 2.57. The van der Waals surface area contributed by atoms with E-state index in [1.807, 2.05) is 12.1 Å². The summed E-state index contributed by atoms with van der Waals surface area (Å²) in [6.07, 6.45) is 3.86. The molecule has 0 atom stereocenters. The van der Waals surface area contributed by atoms with Gasteiger partial charge >= 0.3 is 0 Å². The first-order valence-electron chi connectivity index (χ1n) is 8.62. The van der Waals surface area contributed by atoms with Gasteiger partial charge in [-0.2, -0.15) is 0 Å². The second-order valence-electron chi connectivity index (χ2n) is 5.99. The lowest BCUT2D eigenvalue weighted by Gasteiger charge is -2.10. The van der Waals surface area contributed by atoms with Crippen molar-refractivity contribution < 1.29 is 9.18 Å². The molecule has 3 rings (SSSR count). The summed E-state index contributed by atoms with van der Waals surface area (Å²) in [4.78, 5) is 24.8. The van der Waals surface area contributed by atoms with Crippen molar-refractivity contribution in [3.63, 3.8) is 0 Å². The third-order valence-electron chi connectivity index (χ3n) is 3.93. The molecule has 0 spiro atoms. The quantitative estimate of drug-likeness (QED) is 0.673. The summed E-state index contributed by atoms with van der Waals surface area (Å²) >= 11 is 0. The minimum atomic E-state index is -0.283. The van der Waals surface area contributed by atoms with Crippen LogP contribution in [-0.2, 0) is 13.0 Å². The van der Waals surface area contributed by atoms with E-state index in [0.717, 1.165) is 5.56 Å². The third kappa shape index (κ3) is 5.31. The molecule has 0 unspecified atom stereocenters. The van der Waals surface area contributed by atoms with E-state index in [4.69, 9.17) is 0 Å². The molecule has 2 aromatic heterocycles. The third-order valence-corrected chi connectivity index (χ3v) is 3.93. The molecule has 138 valence electrons. The van der Waals surface area contributed by atoms with Crippen molar-refractivity contribution in [1.82, 2.24) is 20.3 Å². The van der Waals surface area contributed by atoms with Gasteiger partial charge in [0.25, 0.3) is 5.91 Å². The zero-order chi connectivity index (χ0) is 19.1. The normalized spacial score (nSPS) is 10.4. The molecule has 0 bridgehead atoms. The largest absolute Gasteiger partial charge is 0.370 e. The molecule has 0 radical (unpaired) electrons. The average molecular weight is 365 g/mol. The van der Waals surface area contributed by atoms with Crippen LogP contribution in [0.5, 0.6) is 0 Å². The van der Waals surface area contributed by atoms with Crippen molar-refractivity contribution in [3.8, 4) is 0 Å². The molecule has 0 saturated heterocycles. The number of carbonyl (C=O) groups excluding carboxylic acids is 1. The fourth-order valence-corrected chi connectivity index (χ4v) is 2.57. The molecule has 6 nitrogen and oxygen atoms in total. The SMILES string of the molecule is Cc1nc(NCCc2ccccc2F)cc(C(=O)NCc2ccncc2)n1. The molecule has 0 aliphatic rings. The van der Waals surface area contributed by atoms with Crippen molar-refractivity contribution in [1.29, 1.82) is 0 Å². The molecule has 1 amide bonds. The number of nitrogens with zero attached hydrogens (tertiary/aromatic N) is 3. The van der Waals surface area contributed by atoms with Gasteiger partial charge < -0.3 is 10.6 Å². The molecular formula is C20H20FN5O. The van der Waals surface area contributed by atoms with Crippen LogP contribution in [0.15, 0.2) is 54.9 Å². The lowest BCUT2D eigenvalue weighted by Crippen LogP contribution is -2.24. The van der Waals surface area contributed by atoms with Crippen molar-refractivity contribution >= 4 is 11.7 Å². The smallest absolute Gasteiger partial charge is 0.270 e. The Bertz CT molecular complexity index is 917. The number of anilines is 1. The van der Waals surface area contributed by atoms with E-state index >= 15 is 0 Å². The number of benzene rings is 1. The van der Waals surface area contributed by atoms with Gasteiger partial charge in [-0.1, -0.05) is 18.2 Å². The number of hydrogen-bond acceptors (Lipinski definition) is 5. The van der Waals surface area contributed by atoms with Crippen molar-refractivity contribution in [3.05, 3.63) is 83.3 Å². The predicted octanol–water partition coefficient (Wildman–Crippen LogP) is 2.90. The van der Waals surface area contributed by atoms with Crippen LogP contribution >= 0.6 is 0 Å². The zero-order valence-corrected chi connectivity index (χ0v) is 14.9. The highest BCUT2D eigenvalue weighted by Gasteiger charge is 2.10. The van der Waals surface area contributed by atoms with Gasteiger partial charge in [0, 0.05) is 31.5 Å². The number of halogens is 1. The Balaban J connectivity index is 1.60. The summed E-state index contributed by atoms with van der Waals surface area (Å²) < 4.78 is 13.7. The van der Waals surface area contributed by atoms with E-state index in [1.165, 1.54) is 6.07 Å². The number of aromatic nitrogens is 3. The van der Waals surface area contributed by atoms with Crippen LogP contribution in [-0.4, -0.2) is 27.4 Å². The molecule has 3 aromatic rings. The van der Waals surface area contributed by atoms with E-state index in [0.29, 0.717) is 36.7 Å². The first kappa shape index (κ1) is 18.4. The van der Waals surface area contributed by atoms with E-state index in [2.05, 4.69) is 25.6 Å². The van der Waals surface area contributed by atoms with Crippen LogP contribution in [0, 0.1) is 12.7 Å². The van der Waals surface area contributed by atoms with Gasteiger partial charge in [-0.15, -0.1) is 0 Å². The first-order chi connectivity index (χ1) is 13.1. The molecule has 0 saturated carbocycles. The van der Waals surface area contributed by atoms with E-state index in [9.17, 15) is 9.18 Å². The molecule has 0 aliphatic heterocycles. The summed E-state index contributed by atoms with van der Waals surface area (Å²) in [6, 6.07) is 11.9. The van der Waals surface area contributed by atoms with Crippen LogP contribution < -0.4 is 10.6 Å². The Kier molecular flexibility index (Phi) is 6.04. The molecule has 1 aromatic carbocycles. The number of carbonyl (C=O) groups is 1.